The number of hydrogen-bond acceptors (Lipinski definition) is 5. The van der Waals surface area contributed by atoms with E-state index in [0.717, 1.165) is 21.3 Å². The highest BCUT2D eigenvalue weighted by Crippen LogP contribution is 2.41. The van der Waals surface area contributed by atoms with Crippen LogP contribution in [0, 0.1) is 0 Å². The molecule has 0 saturated carbocycles. The summed E-state index contributed by atoms with van der Waals surface area (Å²) >= 11 is 1.58. The molecule has 20 heavy (non-hydrogen) atoms. The van der Waals surface area contributed by atoms with Crippen molar-refractivity contribution in [1.29, 1.82) is 0 Å². The van der Waals surface area contributed by atoms with Gasteiger partial charge in [0, 0.05) is 27.6 Å². The van der Waals surface area contributed by atoms with Gasteiger partial charge in [-0.2, -0.15) is 0 Å². The molecule has 0 aromatic heterocycles. The molecule has 1 heterocycles. The van der Waals surface area contributed by atoms with Gasteiger partial charge in [0.25, 0.3) is 0 Å². The lowest BCUT2D eigenvalue weighted by Crippen LogP contribution is -2.15. The molecule has 1 aliphatic heterocycles. The third-order valence-electron chi connectivity index (χ3n) is 2.94. The van der Waals surface area contributed by atoms with Crippen molar-refractivity contribution in [3.8, 4) is 17.2 Å². The maximum atomic E-state index is 6.08. The van der Waals surface area contributed by atoms with Gasteiger partial charge in [-0.15, -0.1) is 0 Å². The highest BCUT2D eigenvalue weighted by Gasteiger charge is 2.15. The fourth-order valence-electron chi connectivity index (χ4n) is 1.97. The van der Waals surface area contributed by atoms with Crippen LogP contribution in [0.15, 0.2) is 46.2 Å². The summed E-state index contributed by atoms with van der Waals surface area (Å²) in [4.78, 5) is 2.01. The Bertz CT molecular complexity index is 631. The molecule has 0 saturated heterocycles. The lowest BCUT2D eigenvalue weighted by atomic mass is 10.2. The Hall–Kier alpha value is -2.01. The minimum absolute atomic E-state index is 0.564. The quantitative estimate of drug-likeness (QED) is 0.879. The normalized spacial score (nSPS) is 13.1. The molecule has 5 heteroatoms. The van der Waals surface area contributed by atoms with Crippen LogP contribution >= 0.6 is 11.8 Å². The number of anilines is 1. The summed E-state index contributed by atoms with van der Waals surface area (Å²) in [5, 5.41) is 0. The second-order valence-corrected chi connectivity index (χ2v) is 5.43. The van der Waals surface area contributed by atoms with E-state index in [-0.39, 0.29) is 0 Å². The van der Waals surface area contributed by atoms with Crippen LogP contribution in [0.5, 0.6) is 17.2 Å². The first-order valence-electron chi connectivity index (χ1n) is 6.27. The molecule has 3 rings (SSSR count). The summed E-state index contributed by atoms with van der Waals surface area (Å²) in [5.74, 6) is 2.28. The first-order chi connectivity index (χ1) is 9.76. The second-order valence-electron chi connectivity index (χ2n) is 4.31. The molecule has 2 aromatic carbocycles. The number of benzene rings is 2. The van der Waals surface area contributed by atoms with Gasteiger partial charge < -0.3 is 19.9 Å². The molecule has 1 aliphatic rings. The summed E-state index contributed by atoms with van der Waals surface area (Å²) in [6.07, 6.45) is 0. The predicted molar refractivity (Wildman–Crippen MR) is 79.0 cm³/mol. The maximum Gasteiger partial charge on any atom is 0.163 e. The van der Waals surface area contributed by atoms with E-state index in [0.29, 0.717) is 24.7 Å². The lowest BCUT2D eigenvalue weighted by molar-refractivity contribution is 0.171. The summed E-state index contributed by atoms with van der Waals surface area (Å²) < 4.78 is 16.3. The van der Waals surface area contributed by atoms with Crippen LogP contribution in [0.25, 0.3) is 0 Å². The molecule has 104 valence electrons. The van der Waals surface area contributed by atoms with E-state index in [1.54, 1.807) is 18.9 Å². The van der Waals surface area contributed by atoms with Crippen molar-refractivity contribution in [2.75, 3.05) is 26.1 Å². The number of fused-ring (bicyclic) bond motifs is 1. The third-order valence-corrected chi connectivity index (χ3v) is 4.01. The molecule has 0 bridgehead atoms. The number of methoxy groups -OCH3 is 1. The van der Waals surface area contributed by atoms with Gasteiger partial charge in [0.2, 0.25) is 0 Å². The maximum absolute atomic E-state index is 6.08. The Morgan fingerprint density at radius 2 is 1.85 bits per heavy atom. The van der Waals surface area contributed by atoms with Gasteiger partial charge in [-0.3, -0.25) is 0 Å². The zero-order chi connectivity index (χ0) is 13.9. The summed E-state index contributed by atoms with van der Waals surface area (Å²) in [7, 11) is 1.65. The number of rotatable bonds is 3. The summed E-state index contributed by atoms with van der Waals surface area (Å²) in [6.45, 7) is 1.13. The SMILES string of the molecule is COc1cccc(Sc2cc3c(cc2N)OCCO3)c1. The summed E-state index contributed by atoms with van der Waals surface area (Å²) in [6, 6.07) is 11.6. The lowest BCUT2D eigenvalue weighted by Gasteiger charge is -2.20. The Kier molecular flexibility index (Phi) is 3.60. The first kappa shape index (κ1) is 13.0. The van der Waals surface area contributed by atoms with E-state index in [2.05, 4.69) is 0 Å². The van der Waals surface area contributed by atoms with Crippen LogP contribution in [-0.4, -0.2) is 20.3 Å². The van der Waals surface area contributed by atoms with Crippen LogP contribution in [0.1, 0.15) is 0 Å². The zero-order valence-corrected chi connectivity index (χ0v) is 11.9. The molecule has 4 nitrogen and oxygen atoms in total. The summed E-state index contributed by atoms with van der Waals surface area (Å²) in [5.41, 5.74) is 6.76. The molecule has 0 atom stereocenters. The third kappa shape index (κ3) is 2.63. The molecular weight excluding hydrogens is 274 g/mol. The van der Waals surface area contributed by atoms with Crippen molar-refractivity contribution in [3.05, 3.63) is 36.4 Å². The molecule has 0 aliphatic carbocycles. The average molecular weight is 289 g/mol. The van der Waals surface area contributed by atoms with Crippen molar-refractivity contribution in [2.24, 2.45) is 0 Å². The van der Waals surface area contributed by atoms with Crippen LogP contribution in [0.4, 0.5) is 5.69 Å². The van der Waals surface area contributed by atoms with E-state index in [1.807, 2.05) is 36.4 Å². The fourth-order valence-corrected chi connectivity index (χ4v) is 2.88. The molecule has 0 fully saturated rings. The van der Waals surface area contributed by atoms with Gasteiger partial charge in [-0.1, -0.05) is 17.8 Å². The molecule has 2 aromatic rings. The Balaban J connectivity index is 1.90. The Labute approximate surface area is 121 Å². The molecular formula is C15H15NO3S. The van der Waals surface area contributed by atoms with Gasteiger partial charge in [0.15, 0.2) is 11.5 Å². The fraction of sp³-hybridized carbons (Fsp3) is 0.200. The highest BCUT2D eigenvalue weighted by atomic mass is 32.2. The number of nitrogen functional groups attached to an aromatic ring is 1. The van der Waals surface area contributed by atoms with Crippen molar-refractivity contribution in [3.63, 3.8) is 0 Å². The van der Waals surface area contributed by atoms with Crippen molar-refractivity contribution >= 4 is 17.4 Å². The van der Waals surface area contributed by atoms with E-state index in [9.17, 15) is 0 Å². The van der Waals surface area contributed by atoms with Gasteiger partial charge in [0.1, 0.15) is 19.0 Å². The predicted octanol–water partition coefficient (Wildman–Crippen LogP) is 3.20. The number of nitrogens with two attached hydrogens (primary N) is 1. The van der Waals surface area contributed by atoms with Crippen molar-refractivity contribution in [2.45, 2.75) is 9.79 Å². The van der Waals surface area contributed by atoms with Gasteiger partial charge in [-0.05, 0) is 18.2 Å². The first-order valence-corrected chi connectivity index (χ1v) is 7.09. The minimum atomic E-state index is 0.564. The van der Waals surface area contributed by atoms with E-state index in [4.69, 9.17) is 19.9 Å². The topological polar surface area (TPSA) is 53.7 Å². The highest BCUT2D eigenvalue weighted by molar-refractivity contribution is 7.99. The Morgan fingerprint density at radius 3 is 2.60 bits per heavy atom. The second kappa shape index (κ2) is 5.54. The molecule has 0 radical (unpaired) electrons. The number of hydrogen-bond donors (Lipinski definition) is 1. The van der Waals surface area contributed by atoms with E-state index < -0.39 is 0 Å². The zero-order valence-electron chi connectivity index (χ0n) is 11.1. The molecule has 0 unspecified atom stereocenters. The van der Waals surface area contributed by atoms with Crippen LogP contribution in [-0.2, 0) is 0 Å². The van der Waals surface area contributed by atoms with Gasteiger partial charge >= 0.3 is 0 Å². The molecule has 0 amide bonds. The minimum Gasteiger partial charge on any atom is -0.497 e. The Morgan fingerprint density at radius 1 is 1.10 bits per heavy atom. The smallest absolute Gasteiger partial charge is 0.163 e. The van der Waals surface area contributed by atoms with E-state index >= 15 is 0 Å². The van der Waals surface area contributed by atoms with Crippen LogP contribution in [0.2, 0.25) is 0 Å². The van der Waals surface area contributed by atoms with Crippen molar-refractivity contribution in [1.82, 2.24) is 0 Å². The van der Waals surface area contributed by atoms with Crippen LogP contribution in [0.3, 0.4) is 0 Å². The number of ether oxygens (including phenoxy) is 3. The van der Waals surface area contributed by atoms with Crippen molar-refractivity contribution < 1.29 is 14.2 Å². The monoisotopic (exact) mass is 289 g/mol. The standard InChI is InChI=1S/C15H15NO3S/c1-17-10-3-2-4-11(7-10)20-15-9-14-13(8-12(15)16)18-5-6-19-14/h2-4,7-9H,5-6,16H2,1H3. The van der Waals surface area contributed by atoms with Gasteiger partial charge in [-0.25, -0.2) is 0 Å². The largest absolute Gasteiger partial charge is 0.497 e. The van der Waals surface area contributed by atoms with Gasteiger partial charge in [0.05, 0.1) is 7.11 Å². The van der Waals surface area contributed by atoms with Crippen LogP contribution < -0.4 is 19.9 Å². The molecule has 0 spiro atoms. The average Bonchev–Trinajstić information content (AvgIpc) is 2.48. The molecule has 2 N–H and O–H groups in total. The van der Waals surface area contributed by atoms with E-state index in [1.165, 1.54) is 0 Å².